The predicted molar refractivity (Wildman–Crippen MR) is 88.7 cm³/mol. The minimum absolute atomic E-state index is 0.0705. The van der Waals surface area contributed by atoms with Gasteiger partial charge in [-0.05, 0) is 55.9 Å². The van der Waals surface area contributed by atoms with Crippen LogP contribution in [-0.2, 0) is 10.3 Å². The number of rotatable bonds is 5. The summed E-state index contributed by atoms with van der Waals surface area (Å²) in [5.41, 5.74) is 5.37. The molecule has 0 bridgehead atoms. The van der Waals surface area contributed by atoms with Crippen LogP contribution in [0.25, 0.3) is 0 Å². The fraction of sp³-hybridized carbons (Fsp3) is 0.556. The number of amides is 1. The molecule has 2 fully saturated rings. The number of carbonyl (C=O) groups excluding carboxylic acids is 1. The fourth-order valence-electron chi connectivity index (χ4n) is 3.74. The monoisotopic (exact) mass is 333 g/mol. The maximum absolute atomic E-state index is 15.0. The molecule has 1 heterocycles. The van der Waals surface area contributed by atoms with Crippen molar-refractivity contribution < 1.29 is 13.9 Å². The highest BCUT2D eigenvalue weighted by Crippen LogP contribution is 2.48. The Hall–Kier alpha value is -1.95. The summed E-state index contributed by atoms with van der Waals surface area (Å²) >= 11 is 0. The Morgan fingerprint density at radius 2 is 2.25 bits per heavy atom. The number of halogens is 1. The van der Waals surface area contributed by atoms with Crippen molar-refractivity contribution in [1.29, 1.82) is 0 Å². The lowest BCUT2D eigenvalue weighted by atomic mass is 9.69. The first-order chi connectivity index (χ1) is 11.5. The zero-order valence-electron chi connectivity index (χ0n) is 14.1. The van der Waals surface area contributed by atoms with Gasteiger partial charge in [0.15, 0.2) is 11.5 Å². The molecule has 2 saturated carbocycles. The van der Waals surface area contributed by atoms with E-state index < -0.39 is 17.3 Å². The number of hydrogen-bond acceptors (Lipinski definition) is 4. The molecule has 3 rings (SSSR count). The Bertz CT molecular complexity index is 672. The maximum atomic E-state index is 15.0. The standard InChI is InChI=1S/C18H24FN3O2/c1-11-4-3-5-12(10-22-13-6-7-13)18(11,24-2)14-8-9-21-16(15(14)19)17(20)23/h8-11,13,22H,3-7H2,1-2H3,(H2,20,23)/b12-10-. The molecule has 1 aromatic rings. The van der Waals surface area contributed by atoms with Crippen molar-refractivity contribution in [3.63, 3.8) is 0 Å². The minimum atomic E-state index is -0.905. The molecule has 1 aromatic heterocycles. The largest absolute Gasteiger partial charge is 0.388 e. The van der Waals surface area contributed by atoms with E-state index in [-0.39, 0.29) is 11.6 Å². The Morgan fingerprint density at radius 3 is 2.88 bits per heavy atom. The summed E-state index contributed by atoms with van der Waals surface area (Å²) in [6, 6.07) is 2.10. The van der Waals surface area contributed by atoms with Gasteiger partial charge in [-0.15, -0.1) is 0 Å². The van der Waals surface area contributed by atoms with Crippen molar-refractivity contribution in [1.82, 2.24) is 10.3 Å². The van der Waals surface area contributed by atoms with Crippen LogP contribution in [0.5, 0.6) is 0 Å². The van der Waals surface area contributed by atoms with Crippen LogP contribution in [0.1, 0.15) is 55.1 Å². The van der Waals surface area contributed by atoms with Gasteiger partial charge in [0.1, 0.15) is 5.60 Å². The highest BCUT2D eigenvalue weighted by atomic mass is 19.1. The number of ether oxygens (including phenoxy) is 1. The number of pyridine rings is 1. The van der Waals surface area contributed by atoms with Crippen LogP contribution in [-0.4, -0.2) is 24.0 Å². The predicted octanol–water partition coefficient (Wildman–Crippen LogP) is 2.62. The van der Waals surface area contributed by atoms with Gasteiger partial charge in [0.05, 0.1) is 0 Å². The molecule has 0 aromatic carbocycles. The van der Waals surface area contributed by atoms with Gasteiger partial charge >= 0.3 is 0 Å². The Morgan fingerprint density at radius 1 is 1.50 bits per heavy atom. The van der Waals surface area contributed by atoms with Gasteiger partial charge in [0.2, 0.25) is 0 Å². The molecule has 0 saturated heterocycles. The van der Waals surface area contributed by atoms with E-state index in [1.54, 1.807) is 13.2 Å². The van der Waals surface area contributed by atoms with Crippen molar-refractivity contribution in [2.24, 2.45) is 11.7 Å². The molecule has 2 aliphatic rings. The quantitative estimate of drug-likeness (QED) is 0.868. The van der Waals surface area contributed by atoms with Crippen molar-refractivity contribution in [2.75, 3.05) is 7.11 Å². The van der Waals surface area contributed by atoms with Crippen molar-refractivity contribution >= 4 is 5.91 Å². The average molecular weight is 333 g/mol. The molecular formula is C18H24FN3O2. The van der Waals surface area contributed by atoms with E-state index >= 15 is 4.39 Å². The van der Waals surface area contributed by atoms with Gasteiger partial charge in [-0.1, -0.05) is 6.92 Å². The second-order valence-electron chi connectivity index (χ2n) is 6.73. The normalized spacial score (nSPS) is 28.8. The summed E-state index contributed by atoms with van der Waals surface area (Å²) in [6.07, 6.45) is 8.50. The molecule has 1 amide bonds. The second kappa shape index (κ2) is 6.51. The molecule has 2 atom stereocenters. The van der Waals surface area contributed by atoms with Crippen LogP contribution >= 0.6 is 0 Å². The zero-order chi connectivity index (χ0) is 17.3. The van der Waals surface area contributed by atoms with E-state index in [4.69, 9.17) is 10.5 Å². The summed E-state index contributed by atoms with van der Waals surface area (Å²) < 4.78 is 20.9. The van der Waals surface area contributed by atoms with Crippen LogP contribution in [0, 0.1) is 11.7 Å². The Balaban J connectivity index is 2.11. The Labute approximate surface area is 141 Å². The van der Waals surface area contributed by atoms with Crippen molar-refractivity contribution in [3.8, 4) is 0 Å². The van der Waals surface area contributed by atoms with Crippen molar-refractivity contribution in [2.45, 2.75) is 50.7 Å². The van der Waals surface area contributed by atoms with E-state index in [1.165, 1.54) is 6.20 Å². The summed E-state index contributed by atoms with van der Waals surface area (Å²) in [6.45, 7) is 2.05. The molecule has 130 valence electrons. The minimum Gasteiger partial charge on any atom is -0.388 e. The highest BCUT2D eigenvalue weighted by Gasteiger charge is 2.46. The molecule has 0 spiro atoms. The molecule has 0 radical (unpaired) electrons. The third-order valence-corrected chi connectivity index (χ3v) is 5.17. The third kappa shape index (κ3) is 2.79. The Kier molecular flexibility index (Phi) is 4.58. The second-order valence-corrected chi connectivity index (χ2v) is 6.73. The van der Waals surface area contributed by atoms with Crippen LogP contribution in [0.3, 0.4) is 0 Å². The van der Waals surface area contributed by atoms with Gasteiger partial charge in [-0.3, -0.25) is 4.79 Å². The van der Waals surface area contributed by atoms with Gasteiger partial charge in [0.25, 0.3) is 5.91 Å². The number of aromatic nitrogens is 1. The lowest BCUT2D eigenvalue weighted by molar-refractivity contribution is -0.0459. The third-order valence-electron chi connectivity index (χ3n) is 5.17. The number of hydrogen-bond donors (Lipinski definition) is 2. The maximum Gasteiger partial charge on any atom is 0.270 e. The summed E-state index contributed by atoms with van der Waals surface area (Å²) in [7, 11) is 1.59. The van der Waals surface area contributed by atoms with E-state index in [2.05, 4.69) is 17.2 Å². The number of carbonyl (C=O) groups is 1. The first-order valence-corrected chi connectivity index (χ1v) is 8.46. The zero-order valence-corrected chi connectivity index (χ0v) is 14.1. The van der Waals surface area contributed by atoms with Gasteiger partial charge < -0.3 is 15.8 Å². The van der Waals surface area contributed by atoms with Crippen LogP contribution in [0.4, 0.5) is 4.39 Å². The summed E-state index contributed by atoms with van der Waals surface area (Å²) in [5.74, 6) is -1.48. The average Bonchev–Trinajstić information content (AvgIpc) is 3.38. The van der Waals surface area contributed by atoms with E-state index in [0.717, 1.165) is 37.7 Å². The highest BCUT2D eigenvalue weighted by molar-refractivity contribution is 5.91. The van der Waals surface area contributed by atoms with Gasteiger partial charge in [-0.2, -0.15) is 0 Å². The summed E-state index contributed by atoms with van der Waals surface area (Å²) in [5, 5.41) is 3.39. The van der Waals surface area contributed by atoms with Crippen LogP contribution < -0.4 is 11.1 Å². The van der Waals surface area contributed by atoms with Gasteiger partial charge in [-0.25, -0.2) is 9.37 Å². The molecule has 6 heteroatoms. The van der Waals surface area contributed by atoms with Crippen molar-refractivity contribution in [3.05, 3.63) is 41.1 Å². The van der Waals surface area contributed by atoms with Crippen LogP contribution in [0.2, 0.25) is 0 Å². The number of primary amides is 1. The lowest BCUT2D eigenvalue weighted by Gasteiger charge is -2.44. The summed E-state index contributed by atoms with van der Waals surface area (Å²) in [4.78, 5) is 15.3. The van der Waals surface area contributed by atoms with E-state index in [9.17, 15) is 4.79 Å². The smallest absolute Gasteiger partial charge is 0.270 e. The number of methoxy groups -OCH3 is 1. The first kappa shape index (κ1) is 16.9. The molecule has 5 nitrogen and oxygen atoms in total. The van der Waals surface area contributed by atoms with E-state index in [0.29, 0.717) is 11.6 Å². The molecule has 2 aliphatic carbocycles. The number of nitrogens with two attached hydrogens (primary N) is 1. The molecule has 2 unspecified atom stereocenters. The molecule has 0 aliphatic heterocycles. The number of nitrogens with one attached hydrogen (secondary N) is 1. The molecule has 3 N–H and O–H groups in total. The topological polar surface area (TPSA) is 77.2 Å². The lowest BCUT2D eigenvalue weighted by Crippen LogP contribution is -2.42. The van der Waals surface area contributed by atoms with Gasteiger partial charge in [0, 0.05) is 24.9 Å². The molecular weight excluding hydrogens is 309 g/mol. The molecule has 24 heavy (non-hydrogen) atoms. The van der Waals surface area contributed by atoms with Crippen LogP contribution in [0.15, 0.2) is 24.0 Å². The fourth-order valence-corrected chi connectivity index (χ4v) is 3.74. The first-order valence-electron chi connectivity index (χ1n) is 8.46. The number of nitrogens with zero attached hydrogens (tertiary/aromatic N) is 1. The van der Waals surface area contributed by atoms with E-state index in [1.807, 2.05) is 6.20 Å². The SMILES string of the molecule is COC1(c2ccnc(C(N)=O)c2F)/C(=C\NC2CC2)CCCC1C.